The Kier molecular flexibility index (Phi) is 5.35. The minimum atomic E-state index is 0.177. The summed E-state index contributed by atoms with van der Waals surface area (Å²) in [7, 11) is 0. The van der Waals surface area contributed by atoms with Gasteiger partial charge in [0.25, 0.3) is 0 Å². The first kappa shape index (κ1) is 12.5. The number of hydrazine groups is 1. The zero-order chi connectivity index (χ0) is 11.8. The van der Waals surface area contributed by atoms with Crippen LogP contribution >= 0.6 is 0 Å². The molecule has 0 aromatic heterocycles. The van der Waals surface area contributed by atoms with Crippen molar-refractivity contribution >= 4 is 12.4 Å². The Bertz CT molecular complexity index is 250. The van der Waals surface area contributed by atoms with Crippen molar-refractivity contribution in [1.82, 2.24) is 21.1 Å². The summed E-state index contributed by atoms with van der Waals surface area (Å²) in [5.74, 6) is 0.207. The Labute approximate surface area is 95.6 Å². The molecule has 0 atom stereocenters. The topological polar surface area (TPSA) is 80.2 Å². The van der Waals surface area contributed by atoms with E-state index in [-0.39, 0.29) is 12.0 Å². The highest BCUT2D eigenvalue weighted by molar-refractivity contribution is 5.78. The number of hydrogen-bond acceptors (Lipinski definition) is 3. The van der Waals surface area contributed by atoms with Crippen molar-refractivity contribution in [2.24, 2.45) is 0 Å². The maximum Gasteiger partial charge on any atom is 0.225 e. The summed E-state index contributed by atoms with van der Waals surface area (Å²) >= 11 is 0. The van der Waals surface area contributed by atoms with Gasteiger partial charge in [0.15, 0.2) is 0 Å². The lowest BCUT2D eigenvalue weighted by Crippen LogP contribution is -2.56. The number of rotatable bonds is 5. The van der Waals surface area contributed by atoms with Crippen molar-refractivity contribution in [2.45, 2.75) is 18.9 Å². The largest absolute Gasteiger partial charge is 0.352 e. The van der Waals surface area contributed by atoms with E-state index >= 15 is 0 Å². The van der Waals surface area contributed by atoms with E-state index in [9.17, 15) is 4.79 Å². The van der Waals surface area contributed by atoms with E-state index in [0.29, 0.717) is 13.0 Å². The van der Waals surface area contributed by atoms with Crippen molar-refractivity contribution in [3.05, 3.63) is 12.7 Å². The molecule has 0 unspecified atom stereocenters. The predicted molar refractivity (Wildman–Crippen MR) is 62.9 cm³/mol. The van der Waals surface area contributed by atoms with Gasteiger partial charge in [0.2, 0.25) is 12.4 Å². The number of amides is 1. The molecule has 1 heterocycles. The molecular formula is C10H19N5O. The van der Waals surface area contributed by atoms with Crippen LogP contribution < -0.4 is 16.1 Å². The third-order valence-electron chi connectivity index (χ3n) is 2.52. The standard InChI is InChI=1S/C10H19N5O/c1-2-5-13-10(11)15(14-8-16)9-3-6-12-7-4-9/h2,8-9,12H,1,3-7H2,(H2,11,13)(H,14,16). The van der Waals surface area contributed by atoms with E-state index in [4.69, 9.17) is 5.41 Å². The normalized spacial score (nSPS) is 16.2. The Morgan fingerprint density at radius 2 is 2.25 bits per heavy atom. The third-order valence-corrected chi connectivity index (χ3v) is 2.52. The lowest BCUT2D eigenvalue weighted by atomic mass is 10.1. The van der Waals surface area contributed by atoms with Crippen LogP contribution in [0.3, 0.4) is 0 Å². The fourth-order valence-electron chi connectivity index (χ4n) is 1.73. The van der Waals surface area contributed by atoms with Crippen LogP contribution in [0.2, 0.25) is 0 Å². The Hall–Kier alpha value is -1.56. The zero-order valence-corrected chi connectivity index (χ0v) is 9.33. The number of nitrogens with zero attached hydrogens (tertiary/aromatic N) is 1. The smallest absolute Gasteiger partial charge is 0.225 e. The molecule has 0 aromatic rings. The van der Waals surface area contributed by atoms with E-state index in [2.05, 4.69) is 22.6 Å². The molecule has 6 heteroatoms. The molecule has 90 valence electrons. The summed E-state index contributed by atoms with van der Waals surface area (Å²) in [6.07, 6.45) is 4.11. The molecule has 0 saturated carbocycles. The number of carbonyl (C=O) groups excluding carboxylic acids is 1. The maximum atomic E-state index is 10.5. The van der Waals surface area contributed by atoms with Gasteiger partial charge >= 0.3 is 0 Å². The van der Waals surface area contributed by atoms with Gasteiger partial charge in [0.1, 0.15) is 0 Å². The van der Waals surface area contributed by atoms with E-state index in [0.717, 1.165) is 25.9 Å². The highest BCUT2D eigenvalue weighted by atomic mass is 16.1. The van der Waals surface area contributed by atoms with E-state index in [1.807, 2.05) is 0 Å². The van der Waals surface area contributed by atoms with Crippen LogP contribution in [0.5, 0.6) is 0 Å². The zero-order valence-electron chi connectivity index (χ0n) is 9.33. The molecule has 0 aliphatic carbocycles. The van der Waals surface area contributed by atoms with Gasteiger partial charge in [-0.1, -0.05) is 6.08 Å². The first-order valence-electron chi connectivity index (χ1n) is 5.42. The minimum Gasteiger partial charge on any atom is -0.352 e. The molecule has 1 rings (SSSR count). The number of carbonyl (C=O) groups is 1. The molecule has 0 radical (unpaired) electrons. The average Bonchev–Trinajstić information content (AvgIpc) is 2.34. The molecule has 1 fully saturated rings. The molecule has 4 N–H and O–H groups in total. The van der Waals surface area contributed by atoms with Crippen LogP contribution in [0, 0.1) is 5.41 Å². The Morgan fingerprint density at radius 1 is 1.56 bits per heavy atom. The highest BCUT2D eigenvalue weighted by Crippen LogP contribution is 2.08. The second-order valence-corrected chi connectivity index (χ2v) is 3.62. The van der Waals surface area contributed by atoms with Gasteiger partial charge < -0.3 is 10.6 Å². The molecule has 1 saturated heterocycles. The van der Waals surface area contributed by atoms with Gasteiger partial charge in [-0.3, -0.25) is 20.6 Å². The predicted octanol–water partition coefficient (Wildman–Crippen LogP) is -0.588. The summed E-state index contributed by atoms with van der Waals surface area (Å²) in [4.78, 5) is 10.5. The average molecular weight is 225 g/mol. The lowest BCUT2D eigenvalue weighted by molar-refractivity contribution is -0.113. The van der Waals surface area contributed by atoms with E-state index in [1.165, 1.54) is 0 Å². The van der Waals surface area contributed by atoms with Gasteiger partial charge in [-0.05, 0) is 25.9 Å². The quantitative estimate of drug-likeness (QED) is 0.166. The second kappa shape index (κ2) is 6.84. The van der Waals surface area contributed by atoms with Crippen molar-refractivity contribution in [1.29, 1.82) is 5.41 Å². The third kappa shape index (κ3) is 3.54. The summed E-state index contributed by atoms with van der Waals surface area (Å²) in [6, 6.07) is 0.177. The molecule has 1 aliphatic heterocycles. The Morgan fingerprint density at radius 3 is 2.81 bits per heavy atom. The van der Waals surface area contributed by atoms with Crippen molar-refractivity contribution in [3.8, 4) is 0 Å². The summed E-state index contributed by atoms with van der Waals surface area (Å²) in [6.45, 7) is 5.91. The number of guanidine groups is 1. The minimum absolute atomic E-state index is 0.177. The summed E-state index contributed by atoms with van der Waals surface area (Å²) in [5.41, 5.74) is 2.56. The lowest BCUT2D eigenvalue weighted by Gasteiger charge is -2.34. The summed E-state index contributed by atoms with van der Waals surface area (Å²) in [5, 5.41) is 15.5. The van der Waals surface area contributed by atoms with Crippen molar-refractivity contribution in [2.75, 3.05) is 19.6 Å². The van der Waals surface area contributed by atoms with Crippen LogP contribution in [0.4, 0.5) is 0 Å². The van der Waals surface area contributed by atoms with Gasteiger partial charge in [0, 0.05) is 6.54 Å². The second-order valence-electron chi connectivity index (χ2n) is 3.62. The molecule has 0 bridgehead atoms. The Balaban J connectivity index is 2.53. The molecule has 16 heavy (non-hydrogen) atoms. The summed E-state index contributed by atoms with van der Waals surface area (Å²) < 4.78 is 0. The van der Waals surface area contributed by atoms with Crippen molar-refractivity contribution in [3.63, 3.8) is 0 Å². The SMILES string of the molecule is C=CCNC(=N)N(NC=O)C1CCNCC1. The number of piperidine rings is 1. The highest BCUT2D eigenvalue weighted by Gasteiger charge is 2.22. The van der Waals surface area contributed by atoms with Crippen LogP contribution in [0.1, 0.15) is 12.8 Å². The number of nitrogens with one attached hydrogen (secondary N) is 4. The van der Waals surface area contributed by atoms with Crippen LogP contribution in [0.15, 0.2) is 12.7 Å². The van der Waals surface area contributed by atoms with Crippen LogP contribution in [-0.2, 0) is 4.79 Å². The fraction of sp³-hybridized carbons (Fsp3) is 0.600. The fourth-order valence-corrected chi connectivity index (χ4v) is 1.73. The molecule has 6 nitrogen and oxygen atoms in total. The first-order valence-corrected chi connectivity index (χ1v) is 5.42. The van der Waals surface area contributed by atoms with Crippen molar-refractivity contribution < 1.29 is 4.79 Å². The number of hydrogen-bond donors (Lipinski definition) is 4. The molecule has 0 spiro atoms. The monoisotopic (exact) mass is 225 g/mol. The van der Waals surface area contributed by atoms with Crippen LogP contribution in [-0.4, -0.2) is 43.1 Å². The molecule has 1 amide bonds. The van der Waals surface area contributed by atoms with E-state index in [1.54, 1.807) is 11.1 Å². The maximum absolute atomic E-state index is 10.5. The van der Waals surface area contributed by atoms with Gasteiger partial charge in [-0.2, -0.15) is 0 Å². The molecular weight excluding hydrogens is 206 g/mol. The van der Waals surface area contributed by atoms with Gasteiger partial charge in [-0.25, -0.2) is 0 Å². The first-order chi connectivity index (χ1) is 7.79. The van der Waals surface area contributed by atoms with Gasteiger partial charge in [0.05, 0.1) is 6.04 Å². The van der Waals surface area contributed by atoms with Gasteiger partial charge in [-0.15, -0.1) is 6.58 Å². The molecule has 1 aliphatic rings. The van der Waals surface area contributed by atoms with E-state index < -0.39 is 0 Å². The van der Waals surface area contributed by atoms with Crippen LogP contribution in [0.25, 0.3) is 0 Å². The molecule has 0 aromatic carbocycles.